The number of furan rings is 1. The minimum atomic E-state index is -0.208. The Morgan fingerprint density at radius 1 is 1.06 bits per heavy atom. The van der Waals surface area contributed by atoms with Crippen LogP contribution < -0.4 is 5.32 Å². The number of fused-ring (bicyclic) bond motifs is 1. The summed E-state index contributed by atoms with van der Waals surface area (Å²) in [4.78, 5) is 21.8. The van der Waals surface area contributed by atoms with E-state index < -0.39 is 0 Å². The summed E-state index contributed by atoms with van der Waals surface area (Å²) in [6, 6.07) is 11.6. The predicted octanol–water partition coefficient (Wildman–Crippen LogP) is 3.50. The van der Waals surface area contributed by atoms with Gasteiger partial charge in [0.15, 0.2) is 5.76 Å². The molecule has 0 unspecified atom stereocenters. The largest absolute Gasteiger partial charge is 0.450 e. The maximum absolute atomic E-state index is 13.0. The number of likely N-dealkylation sites (N-methyl/N-ethyl adjacent to an activating group) is 1. The summed E-state index contributed by atoms with van der Waals surface area (Å²) >= 11 is 0. The van der Waals surface area contributed by atoms with Crippen LogP contribution in [0.4, 0.5) is 0 Å². The van der Waals surface area contributed by atoms with Crippen molar-refractivity contribution in [3.05, 3.63) is 65.7 Å². The van der Waals surface area contributed by atoms with Crippen LogP contribution >= 0.6 is 0 Å². The molecule has 8 nitrogen and oxygen atoms in total. The Morgan fingerprint density at radius 3 is 2.63 bits per heavy atom. The second kappa shape index (κ2) is 10.4. The van der Waals surface area contributed by atoms with Crippen molar-refractivity contribution in [1.29, 1.82) is 0 Å². The smallest absolute Gasteiger partial charge is 0.287 e. The predicted molar refractivity (Wildman–Crippen MR) is 135 cm³/mol. The van der Waals surface area contributed by atoms with Crippen molar-refractivity contribution in [2.24, 2.45) is 5.16 Å². The number of rotatable bonds is 7. The second-order valence-electron chi connectivity index (χ2n) is 9.26. The zero-order valence-corrected chi connectivity index (χ0v) is 20.0. The zero-order valence-electron chi connectivity index (χ0n) is 20.0. The number of aromatic nitrogens is 1. The number of oxime groups is 1. The van der Waals surface area contributed by atoms with Gasteiger partial charge in [-0.25, -0.2) is 0 Å². The highest BCUT2D eigenvalue weighted by atomic mass is 16.4. The number of carbonyl (C=O) groups is 1. The molecule has 2 aromatic heterocycles. The summed E-state index contributed by atoms with van der Waals surface area (Å²) in [5, 5.41) is 15.7. The van der Waals surface area contributed by atoms with Crippen molar-refractivity contribution in [2.75, 3.05) is 46.3 Å². The van der Waals surface area contributed by atoms with Crippen molar-refractivity contribution in [3.8, 4) is 22.5 Å². The van der Waals surface area contributed by atoms with Crippen LogP contribution in [0.3, 0.4) is 0 Å². The molecule has 2 aliphatic rings. The molecule has 3 aromatic rings. The molecule has 1 aliphatic carbocycles. The molecule has 0 spiro atoms. The molecular weight excluding hydrogens is 442 g/mol. The van der Waals surface area contributed by atoms with Crippen molar-refractivity contribution >= 4 is 11.6 Å². The summed E-state index contributed by atoms with van der Waals surface area (Å²) < 4.78 is 6.12. The van der Waals surface area contributed by atoms with Crippen LogP contribution in [0.25, 0.3) is 22.5 Å². The number of amides is 1. The van der Waals surface area contributed by atoms with E-state index in [2.05, 4.69) is 38.4 Å². The Kier molecular flexibility index (Phi) is 6.92. The Hall–Kier alpha value is -3.49. The zero-order chi connectivity index (χ0) is 24.2. The Labute approximate surface area is 205 Å². The van der Waals surface area contributed by atoms with Gasteiger partial charge in [0.05, 0.1) is 5.71 Å². The molecule has 1 aromatic carbocycles. The van der Waals surface area contributed by atoms with Crippen LogP contribution in [0.1, 0.15) is 34.5 Å². The quantitative estimate of drug-likeness (QED) is 0.310. The molecule has 0 saturated carbocycles. The van der Waals surface area contributed by atoms with E-state index >= 15 is 0 Å². The van der Waals surface area contributed by atoms with Gasteiger partial charge in [-0.2, -0.15) is 0 Å². The number of piperazine rings is 1. The van der Waals surface area contributed by atoms with Gasteiger partial charge in [-0.15, -0.1) is 0 Å². The Balaban J connectivity index is 1.32. The van der Waals surface area contributed by atoms with Crippen LogP contribution in [-0.2, 0) is 6.42 Å². The van der Waals surface area contributed by atoms with Crippen LogP contribution in [0.15, 0.2) is 58.4 Å². The first kappa shape index (κ1) is 23.3. The van der Waals surface area contributed by atoms with Gasteiger partial charge in [-0.1, -0.05) is 23.4 Å². The molecule has 3 heterocycles. The first-order chi connectivity index (χ1) is 17.1. The molecular formula is C27H31N5O3. The van der Waals surface area contributed by atoms with E-state index in [-0.39, 0.29) is 5.91 Å². The van der Waals surface area contributed by atoms with Crippen molar-refractivity contribution in [1.82, 2.24) is 20.1 Å². The fourth-order valence-electron chi connectivity index (χ4n) is 4.84. The summed E-state index contributed by atoms with van der Waals surface area (Å²) in [5.41, 5.74) is 5.51. The number of nitrogens with zero attached hydrogens (tertiary/aromatic N) is 4. The number of benzene rings is 1. The van der Waals surface area contributed by atoms with E-state index in [9.17, 15) is 10.0 Å². The molecule has 8 heteroatoms. The first-order valence-electron chi connectivity index (χ1n) is 12.2. The lowest BCUT2D eigenvalue weighted by Gasteiger charge is -2.32. The molecule has 0 radical (unpaired) electrons. The molecule has 1 aliphatic heterocycles. The minimum absolute atomic E-state index is 0.208. The van der Waals surface area contributed by atoms with Crippen LogP contribution in [0.5, 0.6) is 0 Å². The molecule has 0 bridgehead atoms. The van der Waals surface area contributed by atoms with Gasteiger partial charge in [0, 0.05) is 61.8 Å². The van der Waals surface area contributed by atoms with Gasteiger partial charge in [-0.05, 0) is 62.2 Å². The van der Waals surface area contributed by atoms with E-state index in [0.29, 0.717) is 23.8 Å². The normalized spacial score (nSPS) is 17.6. The molecule has 35 heavy (non-hydrogen) atoms. The topological polar surface area (TPSA) is 94.2 Å². The summed E-state index contributed by atoms with van der Waals surface area (Å²) in [5.74, 6) is 0.731. The van der Waals surface area contributed by atoms with Crippen molar-refractivity contribution < 1.29 is 14.4 Å². The van der Waals surface area contributed by atoms with Gasteiger partial charge in [0.25, 0.3) is 5.91 Å². The maximum atomic E-state index is 13.0. The van der Waals surface area contributed by atoms with Gasteiger partial charge < -0.3 is 24.7 Å². The van der Waals surface area contributed by atoms with Crippen molar-refractivity contribution in [3.63, 3.8) is 0 Å². The SMILES string of the molecule is CN1CCN(CCCNC(=O)c2cc(-c3ccc4c(c3)CCC4=NO)c(-c3ccncc3)o2)CC1. The van der Waals surface area contributed by atoms with Crippen LogP contribution in [-0.4, -0.2) is 77.9 Å². The molecule has 1 fully saturated rings. The molecule has 0 atom stereocenters. The standard InChI is InChI=1S/C27H31N5O3/c1-31-13-15-32(16-14-31)12-2-9-29-27(33)25-18-23(26(35-25)19-7-10-28-11-8-19)21-3-5-22-20(17-21)4-6-24(22)30-34/h3,5,7-8,10-11,17-18,34H,2,4,6,9,12-16H2,1H3,(H,29,33). The van der Waals surface area contributed by atoms with E-state index in [0.717, 1.165) is 79.8 Å². The van der Waals surface area contributed by atoms with E-state index in [1.54, 1.807) is 12.4 Å². The third-order valence-electron chi connectivity index (χ3n) is 6.91. The highest BCUT2D eigenvalue weighted by Gasteiger charge is 2.23. The monoisotopic (exact) mass is 473 g/mol. The van der Waals surface area contributed by atoms with E-state index in [1.165, 1.54) is 0 Å². The number of nitrogens with one attached hydrogen (secondary N) is 1. The van der Waals surface area contributed by atoms with Crippen LogP contribution in [0.2, 0.25) is 0 Å². The number of hydrogen-bond acceptors (Lipinski definition) is 7. The van der Waals surface area contributed by atoms with Gasteiger partial charge >= 0.3 is 0 Å². The molecule has 2 N–H and O–H groups in total. The highest BCUT2D eigenvalue weighted by molar-refractivity contribution is 6.05. The van der Waals surface area contributed by atoms with Gasteiger partial charge in [0.1, 0.15) is 5.76 Å². The molecule has 1 amide bonds. The average Bonchev–Trinajstić information content (AvgIpc) is 3.52. The third kappa shape index (κ3) is 5.13. The van der Waals surface area contributed by atoms with E-state index in [4.69, 9.17) is 4.42 Å². The molecule has 1 saturated heterocycles. The lowest BCUT2D eigenvalue weighted by Crippen LogP contribution is -2.45. The second-order valence-corrected chi connectivity index (χ2v) is 9.26. The molecule has 5 rings (SSSR count). The molecule has 182 valence electrons. The number of pyridine rings is 1. The van der Waals surface area contributed by atoms with E-state index in [1.807, 2.05) is 30.3 Å². The van der Waals surface area contributed by atoms with Gasteiger partial charge in [-0.3, -0.25) is 9.78 Å². The minimum Gasteiger partial charge on any atom is -0.450 e. The highest BCUT2D eigenvalue weighted by Crippen LogP contribution is 2.37. The first-order valence-corrected chi connectivity index (χ1v) is 12.2. The number of hydrogen-bond donors (Lipinski definition) is 2. The lowest BCUT2D eigenvalue weighted by molar-refractivity contribution is 0.0922. The lowest BCUT2D eigenvalue weighted by atomic mass is 9.98. The van der Waals surface area contributed by atoms with Crippen molar-refractivity contribution in [2.45, 2.75) is 19.3 Å². The third-order valence-corrected chi connectivity index (χ3v) is 6.91. The summed E-state index contributed by atoms with van der Waals surface area (Å²) in [6.45, 7) is 5.93. The Morgan fingerprint density at radius 2 is 1.86 bits per heavy atom. The number of aryl methyl sites for hydroxylation is 1. The summed E-state index contributed by atoms with van der Waals surface area (Å²) in [7, 11) is 2.15. The average molecular weight is 474 g/mol. The number of carbonyl (C=O) groups excluding carboxylic acids is 1. The maximum Gasteiger partial charge on any atom is 0.287 e. The fourth-order valence-corrected chi connectivity index (χ4v) is 4.84. The van der Waals surface area contributed by atoms with Gasteiger partial charge in [0.2, 0.25) is 0 Å². The Bertz CT molecular complexity index is 1210. The summed E-state index contributed by atoms with van der Waals surface area (Å²) in [6.07, 6.45) is 5.88. The fraction of sp³-hybridized carbons (Fsp3) is 0.370. The van der Waals surface area contributed by atoms with Crippen LogP contribution in [0, 0.1) is 0 Å².